The first kappa shape index (κ1) is 12.9. The lowest BCUT2D eigenvalue weighted by molar-refractivity contribution is 0.534. The van der Waals surface area contributed by atoms with Crippen molar-refractivity contribution < 1.29 is 0 Å². The van der Waals surface area contributed by atoms with Crippen molar-refractivity contribution in [3.05, 3.63) is 32.9 Å². The van der Waals surface area contributed by atoms with E-state index in [1.54, 1.807) is 11.3 Å². The summed E-state index contributed by atoms with van der Waals surface area (Å²) < 4.78 is 1.21. The van der Waals surface area contributed by atoms with Gasteiger partial charge in [0.05, 0.1) is 0 Å². The molecule has 0 saturated carbocycles. The molecule has 1 rings (SSSR count). The highest BCUT2D eigenvalue weighted by molar-refractivity contribution is 9.10. The van der Waals surface area contributed by atoms with E-state index in [4.69, 9.17) is 0 Å². The molecule has 0 aliphatic carbocycles. The van der Waals surface area contributed by atoms with Gasteiger partial charge in [0.15, 0.2) is 0 Å². The molecule has 0 aromatic carbocycles. The Labute approximate surface area is 105 Å². The first-order valence-electron chi connectivity index (χ1n) is 5.25. The Kier molecular flexibility index (Phi) is 5.58. The van der Waals surface area contributed by atoms with Crippen LogP contribution in [-0.4, -0.2) is 6.54 Å². The van der Waals surface area contributed by atoms with Crippen LogP contribution >= 0.6 is 27.3 Å². The van der Waals surface area contributed by atoms with Crippen LogP contribution in [0.2, 0.25) is 0 Å². The Balaban J connectivity index is 2.71. The third-order valence-corrected chi connectivity index (χ3v) is 4.14. The largest absolute Gasteiger partial charge is 0.309 e. The van der Waals surface area contributed by atoms with Crippen molar-refractivity contribution in [2.75, 3.05) is 6.54 Å². The number of rotatable bonds is 6. The van der Waals surface area contributed by atoms with Crippen molar-refractivity contribution in [1.29, 1.82) is 0 Å². The lowest BCUT2D eigenvalue weighted by Gasteiger charge is -2.17. The maximum absolute atomic E-state index is 3.99. The van der Waals surface area contributed by atoms with Gasteiger partial charge in [0.1, 0.15) is 0 Å². The molecule has 0 radical (unpaired) electrons. The molecule has 84 valence electrons. The van der Waals surface area contributed by atoms with Crippen LogP contribution in [0.4, 0.5) is 0 Å². The number of hydrogen-bond donors (Lipinski definition) is 1. The highest BCUT2D eigenvalue weighted by Gasteiger charge is 2.14. The summed E-state index contributed by atoms with van der Waals surface area (Å²) in [6, 6.07) is 2.52. The molecular formula is C12H18BrNS. The zero-order valence-corrected chi connectivity index (χ0v) is 11.7. The van der Waals surface area contributed by atoms with Crippen LogP contribution in [0.15, 0.2) is 28.1 Å². The first-order chi connectivity index (χ1) is 7.15. The van der Waals surface area contributed by atoms with Gasteiger partial charge in [-0.15, -0.1) is 17.9 Å². The number of halogens is 1. The minimum Gasteiger partial charge on any atom is -0.309 e. The van der Waals surface area contributed by atoms with E-state index in [1.165, 1.54) is 14.9 Å². The second kappa shape index (κ2) is 6.46. The summed E-state index contributed by atoms with van der Waals surface area (Å²) in [4.78, 5) is 1.38. The van der Waals surface area contributed by atoms with Crippen LogP contribution < -0.4 is 5.32 Å². The van der Waals surface area contributed by atoms with Gasteiger partial charge in [-0.25, -0.2) is 0 Å². The fourth-order valence-corrected chi connectivity index (χ4v) is 3.20. The summed E-state index contributed by atoms with van der Waals surface area (Å²) in [5.41, 5.74) is 1.23. The summed E-state index contributed by atoms with van der Waals surface area (Å²) >= 11 is 5.39. The Morgan fingerprint density at radius 2 is 2.40 bits per heavy atom. The van der Waals surface area contributed by atoms with Crippen molar-refractivity contribution in [2.24, 2.45) is 0 Å². The highest BCUT2D eigenvalue weighted by Crippen LogP contribution is 2.32. The smallest absolute Gasteiger partial charge is 0.0463 e. The average Bonchev–Trinajstić information content (AvgIpc) is 2.58. The van der Waals surface area contributed by atoms with Gasteiger partial charge < -0.3 is 5.32 Å². The van der Waals surface area contributed by atoms with Gasteiger partial charge in [-0.1, -0.05) is 12.5 Å². The summed E-state index contributed by atoms with van der Waals surface area (Å²) in [6.07, 6.45) is 2.18. The molecule has 1 unspecified atom stereocenters. The van der Waals surface area contributed by atoms with Crippen LogP contribution in [0.3, 0.4) is 0 Å². The maximum Gasteiger partial charge on any atom is 0.0463 e. The summed E-state index contributed by atoms with van der Waals surface area (Å²) in [5, 5.41) is 5.69. The third kappa shape index (κ3) is 4.09. The van der Waals surface area contributed by atoms with Crippen LogP contribution in [-0.2, 0) is 0 Å². The summed E-state index contributed by atoms with van der Waals surface area (Å²) in [7, 11) is 0. The molecule has 0 fully saturated rings. The van der Waals surface area contributed by atoms with Gasteiger partial charge in [0.2, 0.25) is 0 Å². The van der Waals surface area contributed by atoms with Gasteiger partial charge in [0.25, 0.3) is 0 Å². The molecule has 1 nitrogen and oxygen atoms in total. The molecule has 1 aromatic heterocycles. The third-order valence-electron chi connectivity index (χ3n) is 2.15. The van der Waals surface area contributed by atoms with Crippen molar-refractivity contribution in [1.82, 2.24) is 5.32 Å². The van der Waals surface area contributed by atoms with Crippen LogP contribution in [0, 0.1) is 0 Å². The van der Waals surface area contributed by atoms with E-state index >= 15 is 0 Å². The van der Waals surface area contributed by atoms with E-state index in [2.05, 4.69) is 53.1 Å². The maximum atomic E-state index is 3.99. The SMILES string of the molecule is C=C(C)CC(NCCC)c1sccc1Br. The Morgan fingerprint density at radius 3 is 2.87 bits per heavy atom. The van der Waals surface area contributed by atoms with Crippen molar-refractivity contribution in [2.45, 2.75) is 32.7 Å². The standard InChI is InChI=1S/C12H18BrNS/c1-4-6-14-11(8-9(2)3)12-10(13)5-7-15-12/h5,7,11,14H,2,4,6,8H2,1,3H3. The Morgan fingerprint density at radius 1 is 1.67 bits per heavy atom. The second-order valence-corrected chi connectivity index (χ2v) is 5.60. The van der Waals surface area contributed by atoms with E-state index in [-0.39, 0.29) is 0 Å². The van der Waals surface area contributed by atoms with E-state index < -0.39 is 0 Å². The Bertz CT molecular complexity index is 319. The normalized spacial score (nSPS) is 12.7. The molecule has 1 heterocycles. The van der Waals surface area contributed by atoms with E-state index in [0.717, 1.165) is 19.4 Å². The minimum atomic E-state index is 0.414. The molecule has 0 aliphatic heterocycles. The predicted molar refractivity (Wildman–Crippen MR) is 72.5 cm³/mol. The van der Waals surface area contributed by atoms with Gasteiger partial charge in [-0.3, -0.25) is 0 Å². The molecule has 0 amide bonds. The average molecular weight is 288 g/mol. The molecular weight excluding hydrogens is 270 g/mol. The fraction of sp³-hybridized carbons (Fsp3) is 0.500. The van der Waals surface area contributed by atoms with Crippen LogP contribution in [0.5, 0.6) is 0 Å². The van der Waals surface area contributed by atoms with Crippen molar-refractivity contribution in [3.8, 4) is 0 Å². The molecule has 0 aliphatic rings. The van der Waals surface area contributed by atoms with Gasteiger partial charge in [-0.2, -0.15) is 0 Å². The summed E-state index contributed by atoms with van der Waals surface area (Å²) in [5.74, 6) is 0. The second-order valence-electron chi connectivity index (χ2n) is 3.80. The molecule has 1 aromatic rings. The van der Waals surface area contributed by atoms with Crippen molar-refractivity contribution >= 4 is 27.3 Å². The first-order valence-corrected chi connectivity index (χ1v) is 6.93. The molecule has 15 heavy (non-hydrogen) atoms. The van der Waals surface area contributed by atoms with E-state index in [1.807, 2.05) is 0 Å². The number of hydrogen-bond acceptors (Lipinski definition) is 2. The lowest BCUT2D eigenvalue weighted by atomic mass is 10.1. The van der Waals surface area contributed by atoms with Gasteiger partial charge in [-0.05, 0) is 53.7 Å². The molecule has 0 saturated heterocycles. The fourth-order valence-electron chi connectivity index (χ4n) is 1.48. The molecule has 3 heteroatoms. The lowest BCUT2D eigenvalue weighted by Crippen LogP contribution is -2.21. The van der Waals surface area contributed by atoms with E-state index in [0.29, 0.717) is 6.04 Å². The molecule has 1 N–H and O–H groups in total. The quantitative estimate of drug-likeness (QED) is 0.759. The number of thiophene rings is 1. The van der Waals surface area contributed by atoms with Crippen molar-refractivity contribution in [3.63, 3.8) is 0 Å². The monoisotopic (exact) mass is 287 g/mol. The Hall–Kier alpha value is -0.120. The zero-order valence-electron chi connectivity index (χ0n) is 9.35. The number of nitrogens with one attached hydrogen (secondary N) is 1. The summed E-state index contributed by atoms with van der Waals surface area (Å²) in [6.45, 7) is 9.32. The zero-order chi connectivity index (χ0) is 11.3. The van der Waals surface area contributed by atoms with Gasteiger partial charge >= 0.3 is 0 Å². The minimum absolute atomic E-state index is 0.414. The molecule has 0 bridgehead atoms. The van der Waals surface area contributed by atoms with Crippen LogP contribution in [0.25, 0.3) is 0 Å². The highest BCUT2D eigenvalue weighted by atomic mass is 79.9. The van der Waals surface area contributed by atoms with E-state index in [9.17, 15) is 0 Å². The molecule has 0 spiro atoms. The van der Waals surface area contributed by atoms with Crippen LogP contribution in [0.1, 0.15) is 37.6 Å². The predicted octanol–water partition coefficient (Wildman–Crippen LogP) is 4.52. The molecule has 1 atom stereocenters. The van der Waals surface area contributed by atoms with Gasteiger partial charge in [0, 0.05) is 15.4 Å². The topological polar surface area (TPSA) is 12.0 Å².